The van der Waals surface area contributed by atoms with Gasteiger partial charge in [0.05, 0.1) is 0 Å². The number of sulfonamides is 1. The average molecular weight is 439 g/mol. The number of urea groups is 1. The van der Waals surface area contributed by atoms with Gasteiger partial charge in [-0.1, -0.05) is 48.0 Å². The zero-order valence-electron chi connectivity index (χ0n) is 17.7. The summed E-state index contributed by atoms with van der Waals surface area (Å²) in [5.74, 6) is 0.487. The van der Waals surface area contributed by atoms with Crippen molar-refractivity contribution in [3.8, 4) is 0 Å². The minimum absolute atomic E-state index is 0.151. The maximum absolute atomic E-state index is 12.8. The molecule has 1 fully saturated rings. The van der Waals surface area contributed by atoms with Crippen molar-refractivity contribution >= 4 is 32.5 Å². The first-order valence-electron chi connectivity index (χ1n) is 10.3. The van der Waals surface area contributed by atoms with Crippen LogP contribution in [0.25, 0.3) is 4.91 Å². The maximum atomic E-state index is 12.8. The molecule has 0 unspecified atom stereocenters. The van der Waals surface area contributed by atoms with Gasteiger partial charge in [-0.3, -0.25) is 0 Å². The highest BCUT2D eigenvalue weighted by Gasteiger charge is 2.34. The number of carbonyl (C=O) groups excluding carboxylic acids is 1. The van der Waals surface area contributed by atoms with E-state index in [1.54, 1.807) is 4.90 Å². The van der Waals surface area contributed by atoms with E-state index in [9.17, 15) is 13.2 Å². The van der Waals surface area contributed by atoms with Crippen LogP contribution in [0.2, 0.25) is 0 Å². The Labute approximate surface area is 183 Å². The summed E-state index contributed by atoms with van der Waals surface area (Å²) in [4.78, 5) is 16.6. The van der Waals surface area contributed by atoms with E-state index in [0.717, 1.165) is 17.7 Å². The summed E-state index contributed by atoms with van der Waals surface area (Å²) >= 11 is 0. The molecule has 2 aliphatic rings. The summed E-state index contributed by atoms with van der Waals surface area (Å²) in [6.07, 6.45) is 0.731. The van der Waals surface area contributed by atoms with Gasteiger partial charge in [-0.15, -0.1) is 4.40 Å². The summed E-state index contributed by atoms with van der Waals surface area (Å²) in [5, 5.41) is 2.91. The van der Waals surface area contributed by atoms with Crippen molar-refractivity contribution in [3.63, 3.8) is 0 Å². The molecule has 4 rings (SSSR count). The van der Waals surface area contributed by atoms with Crippen molar-refractivity contribution in [3.05, 3.63) is 71.3 Å². The number of benzene rings is 2. The Balaban J connectivity index is 1.50. The van der Waals surface area contributed by atoms with Crippen LogP contribution in [-0.4, -0.2) is 56.3 Å². The molecule has 2 aromatic rings. The Morgan fingerprint density at radius 2 is 1.65 bits per heavy atom. The molecule has 2 heterocycles. The quantitative estimate of drug-likeness (QED) is 0.775. The van der Waals surface area contributed by atoms with Gasteiger partial charge in [-0.05, 0) is 38.0 Å². The number of amidine groups is 1. The van der Waals surface area contributed by atoms with E-state index in [2.05, 4.69) is 9.71 Å². The van der Waals surface area contributed by atoms with E-state index in [4.69, 9.17) is 0 Å². The first kappa shape index (κ1) is 21.1. The maximum Gasteiger partial charge on any atom is 0.321 e. The first-order chi connectivity index (χ1) is 14.8. The van der Waals surface area contributed by atoms with Gasteiger partial charge in [0.1, 0.15) is 10.7 Å². The summed E-state index contributed by atoms with van der Waals surface area (Å²) in [6, 6.07) is 16.6. The molecule has 1 N–H and O–H groups in total. The molecule has 2 aromatic carbocycles. The summed E-state index contributed by atoms with van der Waals surface area (Å²) < 4.78 is 29.8. The Morgan fingerprint density at radius 3 is 2.35 bits per heavy atom. The highest BCUT2D eigenvalue weighted by atomic mass is 32.2. The van der Waals surface area contributed by atoms with Crippen LogP contribution >= 0.6 is 0 Å². The predicted octanol–water partition coefficient (Wildman–Crippen LogP) is 3.71. The number of amides is 2. The van der Waals surface area contributed by atoms with E-state index in [-0.39, 0.29) is 10.9 Å². The molecule has 0 bridgehead atoms. The second-order valence-electron chi connectivity index (χ2n) is 7.83. The Morgan fingerprint density at radius 1 is 0.935 bits per heavy atom. The van der Waals surface area contributed by atoms with Crippen LogP contribution in [0.3, 0.4) is 0 Å². The number of hydrogen-bond acceptors (Lipinski definition) is 4. The van der Waals surface area contributed by atoms with Crippen molar-refractivity contribution < 1.29 is 13.2 Å². The van der Waals surface area contributed by atoms with Crippen LogP contribution in [0.15, 0.2) is 64.6 Å². The molecule has 8 heteroatoms. The van der Waals surface area contributed by atoms with Crippen LogP contribution in [0.4, 0.5) is 10.5 Å². The largest absolute Gasteiger partial charge is 0.354 e. The van der Waals surface area contributed by atoms with Gasteiger partial charge in [0.25, 0.3) is 10.0 Å². The Bertz CT molecular complexity index is 1140. The number of para-hydroxylation sites is 1. The van der Waals surface area contributed by atoms with Crippen molar-refractivity contribution in [1.82, 2.24) is 9.80 Å². The molecule has 162 valence electrons. The highest BCUT2D eigenvalue weighted by molar-refractivity contribution is 8.00. The zero-order valence-corrected chi connectivity index (χ0v) is 18.5. The van der Waals surface area contributed by atoms with Crippen molar-refractivity contribution in [2.24, 2.45) is 4.40 Å². The number of rotatable bonds is 2. The standard InChI is InChI=1S/C23H26N4O3S/c1-17-9-11-19(12-10-17)21-18(2)22(25-31(21,29)30)26-13-6-14-27(16-15-26)23(28)24-20-7-4-3-5-8-20/h3-5,7-12H,6,13-16H2,1-2H3,(H,24,28). The van der Waals surface area contributed by atoms with Gasteiger partial charge in [-0.2, -0.15) is 8.42 Å². The molecule has 0 aromatic heterocycles. The number of aryl methyl sites for hydroxylation is 1. The van der Waals surface area contributed by atoms with E-state index < -0.39 is 10.0 Å². The molecule has 0 radical (unpaired) electrons. The van der Waals surface area contributed by atoms with E-state index in [1.807, 2.05) is 73.3 Å². The lowest BCUT2D eigenvalue weighted by Crippen LogP contribution is -2.39. The lowest BCUT2D eigenvalue weighted by molar-refractivity contribution is 0.214. The van der Waals surface area contributed by atoms with E-state index in [1.165, 1.54) is 0 Å². The fraction of sp³-hybridized carbons (Fsp3) is 0.304. The average Bonchev–Trinajstić information content (AvgIpc) is 2.90. The van der Waals surface area contributed by atoms with Gasteiger partial charge >= 0.3 is 6.03 Å². The van der Waals surface area contributed by atoms with Gasteiger partial charge in [0, 0.05) is 37.4 Å². The van der Waals surface area contributed by atoms with Gasteiger partial charge < -0.3 is 15.1 Å². The number of carbonyl (C=O) groups is 1. The molecular weight excluding hydrogens is 412 g/mol. The topological polar surface area (TPSA) is 82.1 Å². The molecule has 31 heavy (non-hydrogen) atoms. The van der Waals surface area contributed by atoms with Gasteiger partial charge in [-0.25, -0.2) is 4.79 Å². The number of anilines is 1. The molecule has 2 aliphatic heterocycles. The van der Waals surface area contributed by atoms with Crippen molar-refractivity contribution in [2.45, 2.75) is 20.3 Å². The van der Waals surface area contributed by atoms with Crippen LogP contribution < -0.4 is 5.32 Å². The second kappa shape index (κ2) is 8.55. The number of nitrogens with zero attached hydrogens (tertiary/aromatic N) is 3. The van der Waals surface area contributed by atoms with Gasteiger partial charge in [0.2, 0.25) is 0 Å². The monoisotopic (exact) mass is 438 g/mol. The van der Waals surface area contributed by atoms with Crippen LogP contribution in [0.5, 0.6) is 0 Å². The van der Waals surface area contributed by atoms with Gasteiger partial charge in [0.15, 0.2) is 0 Å². The van der Waals surface area contributed by atoms with Crippen LogP contribution in [0.1, 0.15) is 24.5 Å². The molecule has 0 spiro atoms. The summed E-state index contributed by atoms with van der Waals surface area (Å²) in [5.41, 5.74) is 3.13. The van der Waals surface area contributed by atoms with E-state index >= 15 is 0 Å². The normalized spacial score (nSPS) is 18.6. The zero-order chi connectivity index (χ0) is 22.0. The van der Waals surface area contributed by atoms with Crippen LogP contribution in [0, 0.1) is 6.92 Å². The molecule has 2 amide bonds. The molecule has 0 atom stereocenters. The summed E-state index contributed by atoms with van der Waals surface area (Å²) in [7, 11) is -3.75. The first-order valence-corrected chi connectivity index (χ1v) is 11.8. The minimum Gasteiger partial charge on any atom is -0.354 e. The fourth-order valence-electron chi connectivity index (χ4n) is 3.94. The smallest absolute Gasteiger partial charge is 0.321 e. The molecular formula is C23H26N4O3S. The lowest BCUT2D eigenvalue weighted by Gasteiger charge is -2.24. The third-order valence-electron chi connectivity index (χ3n) is 5.56. The predicted molar refractivity (Wildman–Crippen MR) is 123 cm³/mol. The fourth-order valence-corrected chi connectivity index (χ4v) is 5.43. The number of nitrogens with one attached hydrogen (secondary N) is 1. The highest BCUT2D eigenvalue weighted by Crippen LogP contribution is 2.34. The molecule has 1 saturated heterocycles. The third-order valence-corrected chi connectivity index (χ3v) is 7.03. The van der Waals surface area contributed by atoms with E-state index in [0.29, 0.717) is 43.2 Å². The second-order valence-corrected chi connectivity index (χ2v) is 9.37. The Kier molecular flexibility index (Phi) is 5.82. The lowest BCUT2D eigenvalue weighted by atomic mass is 10.1. The van der Waals surface area contributed by atoms with Crippen LogP contribution in [-0.2, 0) is 10.0 Å². The van der Waals surface area contributed by atoms with Crippen molar-refractivity contribution in [1.29, 1.82) is 0 Å². The molecule has 0 saturated carbocycles. The third kappa shape index (κ3) is 4.49. The number of hydrogen-bond donors (Lipinski definition) is 1. The molecule has 0 aliphatic carbocycles. The molecule has 7 nitrogen and oxygen atoms in total. The van der Waals surface area contributed by atoms with Crippen molar-refractivity contribution in [2.75, 3.05) is 31.5 Å². The Hall–Kier alpha value is -3.13. The SMILES string of the molecule is CC1=C(c2ccc(C)cc2)S(=O)(=O)N=C1N1CCCN(C(=O)Nc2ccccc2)CC1. The summed E-state index contributed by atoms with van der Waals surface area (Å²) in [6.45, 7) is 6.03. The minimum atomic E-state index is -3.75.